The first kappa shape index (κ1) is 17.7. The summed E-state index contributed by atoms with van der Waals surface area (Å²) in [7, 11) is -4.12. The Morgan fingerprint density at radius 2 is 1.96 bits per heavy atom. The Balaban J connectivity index is 2.05. The quantitative estimate of drug-likeness (QED) is 0.522. The molecule has 0 spiro atoms. The highest BCUT2D eigenvalue weighted by Crippen LogP contribution is 2.25. The maximum Gasteiger partial charge on any atom is 0.414 e. The fourth-order valence-corrected chi connectivity index (χ4v) is 3.26. The Kier molecular flexibility index (Phi) is 5.74. The van der Waals surface area contributed by atoms with Gasteiger partial charge in [-0.15, -0.1) is 0 Å². The van der Waals surface area contributed by atoms with Gasteiger partial charge in [0.2, 0.25) is 0 Å². The lowest BCUT2D eigenvalue weighted by atomic mass is 10.2. The van der Waals surface area contributed by atoms with Crippen molar-refractivity contribution in [3.8, 4) is 5.88 Å². The van der Waals surface area contributed by atoms with Gasteiger partial charge in [0.15, 0.2) is 0 Å². The van der Waals surface area contributed by atoms with Crippen LogP contribution < -0.4 is 9.64 Å². The summed E-state index contributed by atoms with van der Waals surface area (Å²) < 4.78 is 34.5. The van der Waals surface area contributed by atoms with E-state index >= 15 is 0 Å². The third-order valence-corrected chi connectivity index (χ3v) is 4.85. The van der Waals surface area contributed by atoms with Gasteiger partial charge in [-0.05, 0) is 36.3 Å². The molecule has 0 saturated heterocycles. The molecule has 0 saturated carbocycles. The molecule has 24 heavy (non-hydrogen) atoms. The van der Waals surface area contributed by atoms with Gasteiger partial charge in [-0.2, -0.15) is 0 Å². The second kappa shape index (κ2) is 7.77. The van der Waals surface area contributed by atoms with E-state index in [9.17, 15) is 18.4 Å². The van der Waals surface area contributed by atoms with Crippen LogP contribution in [-0.4, -0.2) is 31.3 Å². The highest BCUT2D eigenvalue weighted by atomic mass is 32.2. The second-order valence-electron chi connectivity index (χ2n) is 4.91. The lowest BCUT2D eigenvalue weighted by Crippen LogP contribution is -2.30. The number of rotatable bonds is 9. The first-order valence-electron chi connectivity index (χ1n) is 7.17. The first-order valence-corrected chi connectivity index (χ1v) is 8.65. The van der Waals surface area contributed by atoms with Crippen LogP contribution in [0.1, 0.15) is 25.7 Å². The van der Waals surface area contributed by atoms with E-state index < -0.39 is 26.7 Å². The molecule has 1 aromatic heterocycles. The summed E-state index contributed by atoms with van der Waals surface area (Å²) in [6, 6.07) is 7.39. The zero-order chi connectivity index (χ0) is 17.6. The smallest absolute Gasteiger partial charge is 0.414 e. The molecule has 9 nitrogen and oxygen atoms in total. The standard InChI is InChI=1S/C14H16N2O7S/c17-12(18)9-5-2-6-10-22-13-14(16(19)23-15-13)24(20,21)11-7-3-1-4-8-11/h1,3-4,7-8H,2,5-6,9-10H2,(H,17,18). The zero-order valence-electron chi connectivity index (χ0n) is 12.6. The number of benzene rings is 1. The molecule has 0 fully saturated rings. The molecule has 1 heterocycles. The Hall–Kier alpha value is -2.62. The lowest BCUT2D eigenvalue weighted by Gasteiger charge is -2.03. The number of aromatic nitrogens is 2. The number of sulfone groups is 1. The van der Waals surface area contributed by atoms with Crippen LogP contribution in [0.25, 0.3) is 0 Å². The highest BCUT2D eigenvalue weighted by Gasteiger charge is 2.35. The molecule has 0 radical (unpaired) electrons. The summed E-state index contributed by atoms with van der Waals surface area (Å²) in [5.74, 6) is -1.29. The van der Waals surface area contributed by atoms with Crippen LogP contribution in [0.4, 0.5) is 0 Å². The van der Waals surface area contributed by atoms with Crippen LogP contribution in [0.2, 0.25) is 0 Å². The molecule has 1 N–H and O–H groups in total. The molecule has 1 aromatic carbocycles. The molecular formula is C14H16N2O7S. The number of unbranched alkanes of at least 4 members (excludes halogenated alkanes) is 2. The minimum absolute atomic E-state index is 0.0537. The highest BCUT2D eigenvalue weighted by molar-refractivity contribution is 7.91. The van der Waals surface area contributed by atoms with Crippen LogP contribution in [0, 0.1) is 5.21 Å². The molecule has 0 atom stereocenters. The average molecular weight is 356 g/mol. The van der Waals surface area contributed by atoms with Gasteiger partial charge in [-0.25, -0.2) is 8.42 Å². The van der Waals surface area contributed by atoms with E-state index in [0.717, 1.165) is 0 Å². The van der Waals surface area contributed by atoms with Crippen molar-refractivity contribution >= 4 is 15.8 Å². The van der Waals surface area contributed by atoms with Crippen LogP contribution >= 0.6 is 0 Å². The van der Waals surface area contributed by atoms with Crippen molar-refractivity contribution in [2.45, 2.75) is 35.6 Å². The van der Waals surface area contributed by atoms with Crippen molar-refractivity contribution in [1.82, 2.24) is 5.16 Å². The van der Waals surface area contributed by atoms with Crippen molar-refractivity contribution in [2.75, 3.05) is 6.61 Å². The molecule has 0 aliphatic heterocycles. The Morgan fingerprint density at radius 1 is 1.25 bits per heavy atom. The maximum atomic E-state index is 12.5. The fraction of sp³-hybridized carbons (Fsp3) is 0.357. The van der Waals surface area contributed by atoms with E-state index in [1.165, 1.54) is 24.3 Å². The van der Waals surface area contributed by atoms with E-state index in [0.29, 0.717) is 19.3 Å². The van der Waals surface area contributed by atoms with Crippen molar-refractivity contribution < 1.29 is 32.6 Å². The predicted octanol–water partition coefficient (Wildman–Crippen LogP) is 1.16. The third-order valence-electron chi connectivity index (χ3n) is 3.13. The molecule has 0 aliphatic carbocycles. The molecule has 10 heteroatoms. The van der Waals surface area contributed by atoms with Gasteiger partial charge >= 0.3 is 16.9 Å². The average Bonchev–Trinajstić information content (AvgIpc) is 2.93. The lowest BCUT2D eigenvalue weighted by molar-refractivity contribution is -0.832. The molecular weight excluding hydrogens is 340 g/mol. The van der Waals surface area contributed by atoms with E-state index in [-0.39, 0.29) is 22.8 Å². The number of hydrogen-bond donors (Lipinski definition) is 1. The zero-order valence-corrected chi connectivity index (χ0v) is 13.4. The minimum Gasteiger partial charge on any atom is -0.481 e. The predicted molar refractivity (Wildman–Crippen MR) is 79.0 cm³/mol. The first-order chi connectivity index (χ1) is 11.4. The van der Waals surface area contributed by atoms with Crippen molar-refractivity contribution in [2.24, 2.45) is 0 Å². The number of aliphatic carboxylic acids is 1. The van der Waals surface area contributed by atoms with Crippen LogP contribution in [0.15, 0.2) is 44.9 Å². The summed E-state index contributed by atoms with van der Waals surface area (Å²) in [5.41, 5.74) is 0. The Labute approximate surface area is 137 Å². The number of carboxylic acid groups (broad SMARTS) is 1. The van der Waals surface area contributed by atoms with Gasteiger partial charge in [-0.1, -0.05) is 18.2 Å². The number of ether oxygens (including phenoxy) is 1. The van der Waals surface area contributed by atoms with Gasteiger partial charge in [-0.3, -0.25) is 9.42 Å². The summed E-state index contributed by atoms with van der Waals surface area (Å²) in [6.07, 6.45) is 1.61. The van der Waals surface area contributed by atoms with Crippen LogP contribution in [0.5, 0.6) is 5.88 Å². The van der Waals surface area contributed by atoms with Crippen LogP contribution in [0.3, 0.4) is 0 Å². The van der Waals surface area contributed by atoms with Gasteiger partial charge in [0.25, 0.3) is 9.84 Å². The van der Waals surface area contributed by atoms with Crippen LogP contribution in [-0.2, 0) is 14.6 Å². The van der Waals surface area contributed by atoms with Crippen molar-refractivity contribution in [1.29, 1.82) is 0 Å². The minimum atomic E-state index is -4.12. The van der Waals surface area contributed by atoms with E-state index in [4.69, 9.17) is 9.84 Å². The molecule has 0 bridgehead atoms. The van der Waals surface area contributed by atoms with E-state index in [1.54, 1.807) is 6.07 Å². The number of nitrogens with zero attached hydrogens (tertiary/aromatic N) is 2. The number of hydrogen-bond acceptors (Lipinski definition) is 7. The SMILES string of the molecule is O=C(O)CCCCCOc1no[n+]([O-])c1S(=O)(=O)c1ccccc1. The molecule has 2 aromatic rings. The van der Waals surface area contributed by atoms with Gasteiger partial charge in [0.1, 0.15) is 0 Å². The van der Waals surface area contributed by atoms with Crippen molar-refractivity contribution in [3.63, 3.8) is 0 Å². The Bertz CT molecular complexity index is 787. The maximum absolute atomic E-state index is 12.5. The normalized spacial score (nSPS) is 11.3. The van der Waals surface area contributed by atoms with Gasteiger partial charge in [0, 0.05) is 6.42 Å². The summed E-state index contributed by atoms with van der Waals surface area (Å²) >= 11 is 0. The topological polar surface area (TPSA) is 134 Å². The van der Waals surface area contributed by atoms with Crippen molar-refractivity contribution in [3.05, 3.63) is 35.5 Å². The largest absolute Gasteiger partial charge is 0.481 e. The fourth-order valence-electron chi connectivity index (χ4n) is 1.96. The summed E-state index contributed by atoms with van der Waals surface area (Å²) in [5, 5.41) is 22.8. The van der Waals surface area contributed by atoms with Gasteiger partial charge < -0.3 is 15.1 Å². The molecule has 130 valence electrons. The molecule has 0 amide bonds. The number of carbonyl (C=O) groups is 1. The monoisotopic (exact) mass is 356 g/mol. The molecule has 0 unspecified atom stereocenters. The van der Waals surface area contributed by atoms with E-state index in [2.05, 4.69) is 9.79 Å². The summed E-state index contributed by atoms with van der Waals surface area (Å²) in [6.45, 7) is 0.0868. The summed E-state index contributed by atoms with van der Waals surface area (Å²) in [4.78, 5) is 10.1. The second-order valence-corrected chi connectivity index (χ2v) is 6.77. The third kappa shape index (κ3) is 4.22. The van der Waals surface area contributed by atoms with E-state index in [1.807, 2.05) is 0 Å². The molecule has 2 rings (SSSR count). The van der Waals surface area contributed by atoms with Gasteiger partial charge in [0.05, 0.1) is 16.7 Å². The molecule has 0 aliphatic rings. The Morgan fingerprint density at radius 3 is 2.62 bits per heavy atom. The number of carboxylic acids is 1.